The number of hydrogen-bond donors (Lipinski definition) is 0. The van der Waals surface area contributed by atoms with Crippen molar-refractivity contribution >= 4 is 11.7 Å². The number of carbonyl (C=O) groups is 1. The average molecular weight is 348 g/mol. The van der Waals surface area contributed by atoms with E-state index in [1.807, 2.05) is 18.7 Å². The highest BCUT2D eigenvalue weighted by atomic mass is 19.1. The van der Waals surface area contributed by atoms with E-state index >= 15 is 0 Å². The molecule has 4 atom stereocenters. The highest BCUT2D eigenvalue weighted by molar-refractivity contribution is 5.78. The molecular formula is C18H25FN4O2. The number of halogens is 1. The number of aromatic nitrogens is 1. The van der Waals surface area contributed by atoms with E-state index in [-0.39, 0.29) is 30.0 Å². The number of amides is 1. The van der Waals surface area contributed by atoms with Gasteiger partial charge in [0.15, 0.2) is 11.6 Å². The first-order chi connectivity index (χ1) is 12.0. The lowest BCUT2D eigenvalue weighted by Gasteiger charge is -2.38. The van der Waals surface area contributed by atoms with Crippen molar-refractivity contribution < 1.29 is 13.9 Å². The second-order valence-corrected chi connectivity index (χ2v) is 7.49. The van der Waals surface area contributed by atoms with Gasteiger partial charge in [0.1, 0.15) is 0 Å². The van der Waals surface area contributed by atoms with E-state index in [0.717, 1.165) is 19.5 Å². The maximum Gasteiger partial charge on any atom is 0.236 e. The van der Waals surface area contributed by atoms with Crippen LogP contribution in [-0.4, -0.2) is 77.7 Å². The highest BCUT2D eigenvalue weighted by Gasteiger charge is 2.45. The number of fused-ring (bicyclic) bond motifs is 2. The molecule has 136 valence electrons. The quantitative estimate of drug-likeness (QED) is 0.819. The van der Waals surface area contributed by atoms with Crippen molar-refractivity contribution in [2.45, 2.75) is 44.6 Å². The molecule has 0 N–H and O–H groups in total. The van der Waals surface area contributed by atoms with Crippen molar-refractivity contribution in [3.63, 3.8) is 0 Å². The zero-order valence-corrected chi connectivity index (χ0v) is 14.8. The van der Waals surface area contributed by atoms with E-state index in [2.05, 4.69) is 14.8 Å². The van der Waals surface area contributed by atoms with Crippen LogP contribution in [0.15, 0.2) is 18.3 Å². The van der Waals surface area contributed by atoms with Crippen molar-refractivity contribution in [3.8, 4) is 0 Å². The smallest absolute Gasteiger partial charge is 0.236 e. The molecule has 0 spiro atoms. The maximum absolute atomic E-state index is 14.0. The first-order valence-electron chi connectivity index (χ1n) is 9.05. The van der Waals surface area contributed by atoms with Crippen LogP contribution in [0.2, 0.25) is 0 Å². The number of anilines is 1. The fourth-order valence-electron chi connectivity index (χ4n) is 4.45. The molecule has 25 heavy (non-hydrogen) atoms. The number of rotatable bonds is 3. The number of hydrogen-bond acceptors (Lipinski definition) is 5. The van der Waals surface area contributed by atoms with Gasteiger partial charge in [0.25, 0.3) is 0 Å². The zero-order chi connectivity index (χ0) is 17.6. The number of ether oxygens (including phenoxy) is 1. The minimum absolute atomic E-state index is 0.0883. The van der Waals surface area contributed by atoms with E-state index in [0.29, 0.717) is 31.5 Å². The summed E-state index contributed by atoms with van der Waals surface area (Å²) in [6.45, 7) is 7.32. The van der Waals surface area contributed by atoms with Crippen LogP contribution in [0.3, 0.4) is 0 Å². The molecular weight excluding hydrogens is 323 g/mol. The molecule has 0 radical (unpaired) electrons. The lowest BCUT2D eigenvalue weighted by atomic mass is 10.2. The predicted octanol–water partition coefficient (Wildman–Crippen LogP) is 1.12. The third-order valence-electron chi connectivity index (χ3n) is 5.48. The fourth-order valence-corrected chi connectivity index (χ4v) is 4.45. The minimum Gasteiger partial charge on any atom is -0.372 e. The summed E-state index contributed by atoms with van der Waals surface area (Å²) in [4.78, 5) is 23.1. The molecule has 3 aliphatic heterocycles. The van der Waals surface area contributed by atoms with E-state index in [4.69, 9.17) is 4.74 Å². The molecule has 2 bridgehead atoms. The largest absolute Gasteiger partial charge is 0.372 e. The van der Waals surface area contributed by atoms with Gasteiger partial charge in [-0.25, -0.2) is 9.37 Å². The Morgan fingerprint density at radius 3 is 2.64 bits per heavy atom. The SMILES string of the molecule is CC1CN(C(=O)CN2CC3CC2CN3c2ncccc2F)CC(C)O1. The summed E-state index contributed by atoms with van der Waals surface area (Å²) in [7, 11) is 0. The molecule has 4 rings (SSSR count). The normalized spacial score (nSPS) is 32.4. The Morgan fingerprint density at radius 1 is 1.24 bits per heavy atom. The first-order valence-corrected chi connectivity index (χ1v) is 9.05. The minimum atomic E-state index is -0.269. The molecule has 0 saturated carbocycles. The van der Waals surface area contributed by atoms with Gasteiger partial charge >= 0.3 is 0 Å². The molecule has 0 aliphatic carbocycles. The Bertz CT molecular complexity index is 648. The lowest BCUT2D eigenvalue weighted by molar-refractivity contribution is -0.144. The third-order valence-corrected chi connectivity index (χ3v) is 5.48. The van der Waals surface area contributed by atoms with E-state index < -0.39 is 0 Å². The van der Waals surface area contributed by atoms with Crippen molar-refractivity contribution in [3.05, 3.63) is 24.1 Å². The molecule has 1 amide bonds. The van der Waals surface area contributed by atoms with E-state index in [9.17, 15) is 9.18 Å². The van der Waals surface area contributed by atoms with Crippen molar-refractivity contribution in [2.75, 3.05) is 37.6 Å². The molecule has 6 nitrogen and oxygen atoms in total. The van der Waals surface area contributed by atoms with Gasteiger partial charge in [0.05, 0.1) is 18.8 Å². The van der Waals surface area contributed by atoms with Crippen LogP contribution in [0.25, 0.3) is 0 Å². The summed E-state index contributed by atoms with van der Waals surface area (Å²) in [5, 5.41) is 0. The van der Waals surface area contributed by atoms with Crippen molar-refractivity contribution in [1.29, 1.82) is 0 Å². The number of morpholine rings is 1. The number of piperazine rings is 1. The molecule has 3 saturated heterocycles. The Morgan fingerprint density at radius 2 is 2.00 bits per heavy atom. The standard InChI is InChI=1S/C18H25FN4O2/c1-12-7-22(8-13(2)25-12)17(24)11-21-9-15-6-14(21)10-23(15)18-16(19)4-3-5-20-18/h3-5,12-15H,6-11H2,1-2H3. The molecule has 1 aromatic rings. The summed E-state index contributed by atoms with van der Waals surface area (Å²) in [6, 6.07) is 3.61. The summed E-state index contributed by atoms with van der Waals surface area (Å²) >= 11 is 0. The van der Waals surface area contributed by atoms with Crippen molar-refractivity contribution in [2.24, 2.45) is 0 Å². The van der Waals surface area contributed by atoms with Crippen LogP contribution in [0.4, 0.5) is 10.2 Å². The number of likely N-dealkylation sites (tertiary alicyclic amines) is 1. The van der Waals surface area contributed by atoms with E-state index in [1.165, 1.54) is 6.07 Å². The summed E-state index contributed by atoms with van der Waals surface area (Å²) in [5.41, 5.74) is 0. The molecule has 4 heterocycles. The van der Waals surface area contributed by atoms with Crippen LogP contribution < -0.4 is 4.90 Å². The molecule has 3 fully saturated rings. The van der Waals surface area contributed by atoms with Gasteiger partial charge in [0, 0.05) is 44.5 Å². The fraction of sp³-hybridized carbons (Fsp3) is 0.667. The Kier molecular flexibility index (Phi) is 4.37. The molecule has 7 heteroatoms. The van der Waals surface area contributed by atoms with Crippen LogP contribution in [-0.2, 0) is 9.53 Å². The monoisotopic (exact) mass is 348 g/mol. The molecule has 3 aliphatic rings. The van der Waals surface area contributed by atoms with Crippen LogP contribution in [0.1, 0.15) is 20.3 Å². The van der Waals surface area contributed by atoms with Gasteiger partial charge in [0.2, 0.25) is 5.91 Å². The lowest BCUT2D eigenvalue weighted by Crippen LogP contribution is -2.54. The number of carbonyl (C=O) groups excluding carboxylic acids is 1. The molecule has 4 unspecified atom stereocenters. The first kappa shape index (κ1) is 16.7. The van der Waals surface area contributed by atoms with Crippen molar-refractivity contribution in [1.82, 2.24) is 14.8 Å². The Hall–Kier alpha value is -1.73. The molecule has 1 aromatic heterocycles. The predicted molar refractivity (Wildman–Crippen MR) is 91.9 cm³/mol. The van der Waals surface area contributed by atoms with Crippen LogP contribution in [0.5, 0.6) is 0 Å². The Labute approximate surface area is 147 Å². The average Bonchev–Trinajstić information content (AvgIpc) is 3.14. The topological polar surface area (TPSA) is 48.9 Å². The Balaban J connectivity index is 1.36. The summed E-state index contributed by atoms with van der Waals surface area (Å²) < 4.78 is 19.7. The van der Waals surface area contributed by atoms with Gasteiger partial charge in [-0.15, -0.1) is 0 Å². The van der Waals surface area contributed by atoms with Gasteiger partial charge in [-0.3, -0.25) is 9.69 Å². The zero-order valence-electron chi connectivity index (χ0n) is 14.8. The van der Waals surface area contributed by atoms with Gasteiger partial charge in [-0.05, 0) is 32.4 Å². The second kappa shape index (κ2) is 6.53. The number of nitrogens with zero attached hydrogens (tertiary/aromatic N) is 4. The van der Waals surface area contributed by atoms with Gasteiger partial charge in [-0.1, -0.05) is 0 Å². The summed E-state index contributed by atoms with van der Waals surface area (Å²) in [6.07, 6.45) is 2.78. The second-order valence-electron chi connectivity index (χ2n) is 7.49. The highest BCUT2D eigenvalue weighted by Crippen LogP contribution is 2.34. The van der Waals surface area contributed by atoms with Gasteiger partial charge in [-0.2, -0.15) is 0 Å². The van der Waals surface area contributed by atoms with Gasteiger partial charge < -0.3 is 14.5 Å². The van der Waals surface area contributed by atoms with Crippen LogP contribution in [0, 0.1) is 5.82 Å². The number of pyridine rings is 1. The van der Waals surface area contributed by atoms with Crippen LogP contribution >= 0.6 is 0 Å². The third kappa shape index (κ3) is 3.22. The maximum atomic E-state index is 14.0. The molecule has 0 aromatic carbocycles. The summed E-state index contributed by atoms with van der Waals surface area (Å²) in [5.74, 6) is 0.343. The van der Waals surface area contributed by atoms with E-state index in [1.54, 1.807) is 12.3 Å².